The molecule has 0 aliphatic rings. The van der Waals surface area contributed by atoms with Gasteiger partial charge in [-0.2, -0.15) is 9.40 Å². The van der Waals surface area contributed by atoms with Crippen molar-refractivity contribution >= 4 is 22.2 Å². The van der Waals surface area contributed by atoms with Crippen LogP contribution >= 0.6 is 12.2 Å². The van der Waals surface area contributed by atoms with Crippen molar-refractivity contribution in [3.8, 4) is 11.4 Å². The predicted octanol–water partition coefficient (Wildman–Crippen LogP) is 4.38. The summed E-state index contributed by atoms with van der Waals surface area (Å²) in [6.45, 7) is 15.4. The molecular formula is C21H35N5O2S2. The molecule has 0 aliphatic carbocycles. The molecule has 0 saturated heterocycles. The fourth-order valence-electron chi connectivity index (χ4n) is 3.41. The maximum Gasteiger partial charge on any atom is 0.243 e. The molecule has 0 unspecified atom stereocenters. The first-order valence-electron chi connectivity index (χ1n) is 10.8. The van der Waals surface area contributed by atoms with Crippen LogP contribution in [0.2, 0.25) is 0 Å². The van der Waals surface area contributed by atoms with Crippen molar-refractivity contribution in [3.63, 3.8) is 0 Å². The van der Waals surface area contributed by atoms with Crippen LogP contribution in [0.1, 0.15) is 54.0 Å². The minimum Gasteiger partial charge on any atom is -0.297 e. The van der Waals surface area contributed by atoms with Gasteiger partial charge in [-0.1, -0.05) is 46.8 Å². The number of aromatic nitrogens is 3. The SMILES string of the molecule is CC[C@@H](C)n1c(-c2cccc(S(=O)(=O)N(CC)CC)c2)nn(CN(CC)CC)c1=S. The molecule has 1 heterocycles. The van der Waals surface area contributed by atoms with Gasteiger partial charge in [0.15, 0.2) is 10.6 Å². The van der Waals surface area contributed by atoms with Crippen LogP contribution in [0.5, 0.6) is 0 Å². The van der Waals surface area contributed by atoms with Crippen LogP contribution in [0, 0.1) is 4.77 Å². The highest BCUT2D eigenvalue weighted by molar-refractivity contribution is 7.89. The summed E-state index contributed by atoms with van der Waals surface area (Å²) in [7, 11) is -3.55. The van der Waals surface area contributed by atoms with Gasteiger partial charge < -0.3 is 0 Å². The van der Waals surface area contributed by atoms with Crippen LogP contribution in [0.25, 0.3) is 11.4 Å². The molecule has 168 valence electrons. The largest absolute Gasteiger partial charge is 0.297 e. The van der Waals surface area contributed by atoms with Gasteiger partial charge in [-0.3, -0.25) is 9.47 Å². The topological polar surface area (TPSA) is 63.4 Å². The van der Waals surface area contributed by atoms with Crippen molar-refractivity contribution in [2.45, 2.75) is 65.6 Å². The second kappa shape index (κ2) is 10.7. The van der Waals surface area contributed by atoms with Gasteiger partial charge in [0.25, 0.3) is 0 Å². The number of nitrogens with zero attached hydrogens (tertiary/aromatic N) is 5. The lowest BCUT2D eigenvalue weighted by molar-refractivity contribution is 0.226. The molecule has 0 saturated carbocycles. The fourth-order valence-corrected chi connectivity index (χ4v) is 5.28. The van der Waals surface area contributed by atoms with E-state index in [1.807, 2.05) is 29.2 Å². The Morgan fingerprint density at radius 3 is 2.23 bits per heavy atom. The highest BCUT2D eigenvalue weighted by Gasteiger charge is 2.24. The molecule has 2 rings (SSSR count). The smallest absolute Gasteiger partial charge is 0.243 e. The number of sulfonamides is 1. The van der Waals surface area contributed by atoms with Crippen molar-refractivity contribution in [2.75, 3.05) is 26.2 Å². The van der Waals surface area contributed by atoms with Crippen molar-refractivity contribution in [1.82, 2.24) is 23.6 Å². The lowest BCUT2D eigenvalue weighted by Gasteiger charge is -2.19. The molecule has 2 aromatic rings. The second-order valence-corrected chi connectivity index (χ2v) is 9.60. The third-order valence-corrected chi connectivity index (χ3v) is 8.02. The Morgan fingerprint density at radius 2 is 1.70 bits per heavy atom. The van der Waals surface area contributed by atoms with E-state index in [0.717, 1.165) is 25.1 Å². The molecule has 30 heavy (non-hydrogen) atoms. The van der Waals surface area contributed by atoms with Gasteiger partial charge in [0.1, 0.15) is 0 Å². The van der Waals surface area contributed by atoms with Gasteiger partial charge in [0.05, 0.1) is 11.6 Å². The Kier molecular flexibility index (Phi) is 8.78. The minimum absolute atomic E-state index is 0.154. The average molecular weight is 454 g/mol. The van der Waals surface area contributed by atoms with E-state index >= 15 is 0 Å². The second-order valence-electron chi connectivity index (χ2n) is 7.29. The first kappa shape index (κ1) is 24.7. The van der Waals surface area contributed by atoms with E-state index in [0.29, 0.717) is 30.4 Å². The molecule has 1 aromatic carbocycles. The van der Waals surface area contributed by atoms with E-state index in [9.17, 15) is 8.42 Å². The molecular weight excluding hydrogens is 418 g/mol. The van der Waals surface area contributed by atoms with Crippen molar-refractivity contribution in [3.05, 3.63) is 29.0 Å². The van der Waals surface area contributed by atoms with Gasteiger partial charge in [-0.15, -0.1) is 0 Å². The standard InChI is InChI=1S/C21H35N5O2S2/c1-7-17(6)26-20(22-25(21(26)29)16-23(8-2)9-3)18-13-12-14-19(15-18)30(27,28)24(10-4)11-5/h12-15,17H,7-11,16H2,1-6H3/t17-/m1/s1. The van der Waals surface area contributed by atoms with Gasteiger partial charge in [0, 0.05) is 24.7 Å². The zero-order chi connectivity index (χ0) is 22.5. The van der Waals surface area contributed by atoms with Crippen LogP contribution in [-0.2, 0) is 16.7 Å². The molecule has 0 N–H and O–H groups in total. The Hall–Kier alpha value is -1.55. The van der Waals surface area contributed by atoms with Gasteiger partial charge in [0.2, 0.25) is 10.0 Å². The summed E-state index contributed by atoms with van der Waals surface area (Å²) >= 11 is 5.77. The summed E-state index contributed by atoms with van der Waals surface area (Å²) in [5.74, 6) is 0.707. The summed E-state index contributed by atoms with van der Waals surface area (Å²) < 4.78 is 32.0. The first-order valence-corrected chi connectivity index (χ1v) is 12.6. The van der Waals surface area contributed by atoms with Crippen molar-refractivity contribution in [1.29, 1.82) is 0 Å². The van der Waals surface area contributed by atoms with Gasteiger partial charge in [-0.05, 0) is 50.8 Å². The van der Waals surface area contributed by atoms with Crippen LogP contribution < -0.4 is 0 Å². The van der Waals surface area contributed by atoms with Gasteiger partial charge in [-0.25, -0.2) is 13.1 Å². The van der Waals surface area contributed by atoms with Crippen LogP contribution in [0.15, 0.2) is 29.2 Å². The van der Waals surface area contributed by atoms with E-state index in [4.69, 9.17) is 17.3 Å². The first-order chi connectivity index (χ1) is 14.2. The number of benzene rings is 1. The van der Waals surface area contributed by atoms with Crippen molar-refractivity contribution < 1.29 is 8.42 Å². The molecule has 9 heteroatoms. The molecule has 0 fully saturated rings. The molecule has 0 bridgehead atoms. The highest BCUT2D eigenvalue weighted by Crippen LogP contribution is 2.27. The number of hydrogen-bond donors (Lipinski definition) is 0. The summed E-state index contributed by atoms with van der Waals surface area (Å²) in [5.41, 5.74) is 0.757. The lowest BCUT2D eigenvalue weighted by Crippen LogP contribution is -2.30. The summed E-state index contributed by atoms with van der Waals surface area (Å²) in [5, 5.41) is 4.82. The van der Waals surface area contributed by atoms with Crippen LogP contribution in [-0.4, -0.2) is 58.1 Å². The highest BCUT2D eigenvalue weighted by atomic mass is 32.2. The molecule has 7 nitrogen and oxygen atoms in total. The quantitative estimate of drug-likeness (QED) is 0.473. The molecule has 1 atom stereocenters. The predicted molar refractivity (Wildman–Crippen MR) is 125 cm³/mol. The fraction of sp³-hybridized carbons (Fsp3) is 0.619. The molecule has 0 spiro atoms. The zero-order valence-electron chi connectivity index (χ0n) is 19.0. The molecule has 0 amide bonds. The number of rotatable bonds is 11. The maximum absolute atomic E-state index is 13.0. The van der Waals surface area contributed by atoms with Crippen LogP contribution in [0.3, 0.4) is 0 Å². The summed E-state index contributed by atoms with van der Waals surface area (Å²) in [4.78, 5) is 2.53. The summed E-state index contributed by atoms with van der Waals surface area (Å²) in [6, 6.07) is 7.19. The lowest BCUT2D eigenvalue weighted by atomic mass is 10.2. The normalized spacial score (nSPS) is 13.3. The third-order valence-electron chi connectivity index (χ3n) is 5.57. The Balaban J connectivity index is 2.62. The maximum atomic E-state index is 13.0. The Bertz CT molecular complexity index is 989. The van der Waals surface area contributed by atoms with Crippen molar-refractivity contribution in [2.24, 2.45) is 0 Å². The van der Waals surface area contributed by atoms with E-state index in [1.54, 1.807) is 18.2 Å². The third kappa shape index (κ3) is 5.01. The minimum atomic E-state index is -3.55. The molecule has 1 aromatic heterocycles. The Morgan fingerprint density at radius 1 is 1.07 bits per heavy atom. The van der Waals surface area contributed by atoms with E-state index in [-0.39, 0.29) is 10.9 Å². The van der Waals surface area contributed by atoms with E-state index in [1.165, 1.54) is 4.31 Å². The van der Waals surface area contributed by atoms with E-state index < -0.39 is 10.0 Å². The Labute approximate surface area is 186 Å². The molecule has 0 radical (unpaired) electrons. The zero-order valence-corrected chi connectivity index (χ0v) is 20.6. The van der Waals surface area contributed by atoms with E-state index in [2.05, 4.69) is 32.6 Å². The monoisotopic (exact) mass is 453 g/mol. The molecule has 0 aliphatic heterocycles. The van der Waals surface area contributed by atoms with Gasteiger partial charge >= 0.3 is 0 Å². The summed E-state index contributed by atoms with van der Waals surface area (Å²) in [6.07, 6.45) is 0.899. The van der Waals surface area contributed by atoms with Crippen LogP contribution in [0.4, 0.5) is 0 Å². The number of hydrogen-bond acceptors (Lipinski definition) is 5. The average Bonchev–Trinajstić information content (AvgIpc) is 3.08.